The first-order valence-corrected chi connectivity index (χ1v) is 10.1. The number of halogens is 1. The Morgan fingerprint density at radius 3 is 2.93 bits per heavy atom. The molecule has 27 heavy (non-hydrogen) atoms. The van der Waals surface area contributed by atoms with Crippen LogP contribution < -0.4 is 10.2 Å². The number of carbonyl (C=O) groups is 1. The number of nitrogens with zero attached hydrogens (tertiary/aromatic N) is 4. The zero-order valence-electron chi connectivity index (χ0n) is 15.2. The van der Waals surface area contributed by atoms with Gasteiger partial charge in [0.2, 0.25) is 16.0 Å². The van der Waals surface area contributed by atoms with E-state index in [0.29, 0.717) is 6.54 Å². The van der Waals surface area contributed by atoms with E-state index < -0.39 is 0 Å². The monoisotopic (exact) mass is 387 g/mol. The number of rotatable bonds is 5. The van der Waals surface area contributed by atoms with Crippen LogP contribution in [0.5, 0.6) is 0 Å². The maximum absolute atomic E-state index is 13.1. The van der Waals surface area contributed by atoms with Gasteiger partial charge in [0.05, 0.1) is 17.8 Å². The van der Waals surface area contributed by atoms with Crippen molar-refractivity contribution in [2.45, 2.75) is 26.2 Å². The highest BCUT2D eigenvalue weighted by Gasteiger charge is 2.27. The summed E-state index contributed by atoms with van der Waals surface area (Å²) in [6.45, 7) is 4.38. The zero-order chi connectivity index (χ0) is 18.8. The third kappa shape index (κ3) is 3.80. The zero-order valence-corrected chi connectivity index (χ0v) is 16.0. The van der Waals surface area contributed by atoms with Crippen molar-refractivity contribution >= 4 is 27.3 Å². The van der Waals surface area contributed by atoms with Gasteiger partial charge in [-0.2, -0.15) is 0 Å². The summed E-state index contributed by atoms with van der Waals surface area (Å²) in [5.41, 5.74) is 1.64. The van der Waals surface area contributed by atoms with Gasteiger partial charge >= 0.3 is 0 Å². The summed E-state index contributed by atoms with van der Waals surface area (Å²) in [6.07, 6.45) is 4.70. The lowest BCUT2D eigenvalue weighted by Crippen LogP contribution is -2.43. The lowest BCUT2D eigenvalue weighted by Gasteiger charge is -2.31. The number of anilines is 1. The lowest BCUT2D eigenvalue weighted by molar-refractivity contribution is -0.125. The molecule has 8 heteroatoms. The fraction of sp³-hybridized carbons (Fsp3) is 0.421. The van der Waals surface area contributed by atoms with Crippen molar-refractivity contribution in [3.63, 3.8) is 0 Å². The number of benzene rings is 1. The first kappa shape index (κ1) is 17.9. The minimum absolute atomic E-state index is 0.0105. The van der Waals surface area contributed by atoms with Crippen molar-refractivity contribution in [1.82, 2.24) is 19.9 Å². The van der Waals surface area contributed by atoms with Crippen LogP contribution >= 0.6 is 11.3 Å². The molecule has 2 aromatic heterocycles. The van der Waals surface area contributed by atoms with E-state index in [4.69, 9.17) is 0 Å². The largest absolute Gasteiger partial charge is 0.356 e. The molecule has 0 unspecified atom stereocenters. The summed E-state index contributed by atoms with van der Waals surface area (Å²) in [5, 5.41) is 8.53. The Labute approximate surface area is 161 Å². The van der Waals surface area contributed by atoms with Gasteiger partial charge in [0, 0.05) is 25.2 Å². The average molecular weight is 387 g/mol. The molecule has 3 aromatic rings. The number of fused-ring (bicyclic) bond motifs is 1. The van der Waals surface area contributed by atoms with Crippen molar-refractivity contribution in [2.75, 3.05) is 24.5 Å². The number of carbonyl (C=O) groups excluding carboxylic acids is 1. The lowest BCUT2D eigenvalue weighted by atomic mass is 9.97. The van der Waals surface area contributed by atoms with E-state index in [9.17, 15) is 9.18 Å². The molecule has 3 heterocycles. The number of piperidine rings is 1. The highest BCUT2D eigenvalue weighted by Crippen LogP contribution is 2.29. The van der Waals surface area contributed by atoms with Gasteiger partial charge in [-0.25, -0.2) is 13.9 Å². The maximum atomic E-state index is 13.1. The standard InChI is InChI=1S/C19H22FN5OS/c1-2-9-21-17(26)14-4-3-10-24(11-14)19-23-25-12-16(22-18(25)27-19)13-5-7-15(20)8-6-13/h5-8,12,14H,2-4,9-11H2,1H3,(H,21,26)/t14-/m0/s1. The highest BCUT2D eigenvalue weighted by atomic mass is 32.1. The Morgan fingerprint density at radius 2 is 2.19 bits per heavy atom. The highest BCUT2D eigenvalue weighted by molar-refractivity contribution is 7.20. The number of imidazole rings is 1. The molecule has 0 aliphatic carbocycles. The molecule has 1 N–H and O–H groups in total. The molecule has 1 aliphatic heterocycles. The molecule has 6 nitrogen and oxygen atoms in total. The van der Waals surface area contributed by atoms with E-state index in [-0.39, 0.29) is 17.6 Å². The first-order valence-electron chi connectivity index (χ1n) is 9.29. The molecule has 1 fully saturated rings. The molecule has 1 amide bonds. The van der Waals surface area contributed by atoms with Crippen LogP contribution in [0.1, 0.15) is 26.2 Å². The Morgan fingerprint density at radius 1 is 1.37 bits per heavy atom. The van der Waals surface area contributed by atoms with Gasteiger partial charge in [-0.05, 0) is 43.5 Å². The van der Waals surface area contributed by atoms with Crippen LogP contribution in [0.2, 0.25) is 0 Å². The predicted octanol–water partition coefficient (Wildman–Crippen LogP) is 3.34. The van der Waals surface area contributed by atoms with E-state index in [0.717, 1.165) is 53.7 Å². The summed E-state index contributed by atoms with van der Waals surface area (Å²) in [4.78, 5) is 19.9. The number of hydrogen-bond acceptors (Lipinski definition) is 5. The molecule has 1 saturated heterocycles. The molecule has 1 aliphatic rings. The average Bonchev–Trinajstić information content (AvgIpc) is 3.26. The molecule has 0 bridgehead atoms. The van der Waals surface area contributed by atoms with E-state index in [1.165, 1.54) is 23.5 Å². The van der Waals surface area contributed by atoms with Gasteiger partial charge < -0.3 is 10.2 Å². The van der Waals surface area contributed by atoms with Crippen LogP contribution in [-0.2, 0) is 4.79 Å². The minimum Gasteiger partial charge on any atom is -0.356 e. The molecule has 0 saturated carbocycles. The predicted molar refractivity (Wildman–Crippen MR) is 104 cm³/mol. The molecule has 1 aromatic carbocycles. The van der Waals surface area contributed by atoms with Gasteiger partial charge in [-0.15, -0.1) is 5.10 Å². The second kappa shape index (κ2) is 7.64. The van der Waals surface area contributed by atoms with Gasteiger partial charge in [0.25, 0.3) is 0 Å². The quantitative estimate of drug-likeness (QED) is 0.729. The summed E-state index contributed by atoms with van der Waals surface area (Å²) >= 11 is 1.51. The Bertz CT molecular complexity index is 904. The van der Waals surface area contributed by atoms with Crippen molar-refractivity contribution in [3.8, 4) is 11.3 Å². The summed E-state index contributed by atoms with van der Waals surface area (Å²) in [5.74, 6) is -0.111. The van der Waals surface area contributed by atoms with E-state index in [1.54, 1.807) is 16.6 Å². The van der Waals surface area contributed by atoms with Crippen LogP contribution in [0.3, 0.4) is 0 Å². The molecular weight excluding hydrogens is 365 g/mol. The SMILES string of the molecule is CCCNC(=O)[C@H]1CCCN(c2nn3cc(-c4ccc(F)cc4)nc3s2)C1. The number of nitrogens with one attached hydrogen (secondary N) is 1. The summed E-state index contributed by atoms with van der Waals surface area (Å²) < 4.78 is 14.9. The van der Waals surface area contributed by atoms with Crippen molar-refractivity contribution in [2.24, 2.45) is 5.92 Å². The third-order valence-corrected chi connectivity index (χ3v) is 5.77. The molecule has 0 spiro atoms. The fourth-order valence-corrected chi connectivity index (χ4v) is 4.25. The van der Waals surface area contributed by atoms with Crippen LogP contribution in [0.25, 0.3) is 16.2 Å². The van der Waals surface area contributed by atoms with Crippen LogP contribution in [0.15, 0.2) is 30.5 Å². The van der Waals surface area contributed by atoms with E-state index in [1.807, 2.05) is 6.20 Å². The summed E-state index contributed by atoms with van der Waals surface area (Å²) in [7, 11) is 0. The van der Waals surface area contributed by atoms with Crippen LogP contribution in [-0.4, -0.2) is 40.1 Å². The molecule has 1 atom stereocenters. The van der Waals surface area contributed by atoms with Crippen molar-refractivity contribution in [3.05, 3.63) is 36.3 Å². The normalized spacial score (nSPS) is 17.4. The molecule has 0 radical (unpaired) electrons. The topological polar surface area (TPSA) is 62.5 Å². The maximum Gasteiger partial charge on any atom is 0.224 e. The molecular formula is C19H22FN5OS. The van der Waals surface area contributed by atoms with Crippen LogP contribution in [0, 0.1) is 11.7 Å². The van der Waals surface area contributed by atoms with Crippen LogP contribution in [0.4, 0.5) is 9.52 Å². The van der Waals surface area contributed by atoms with Crippen molar-refractivity contribution < 1.29 is 9.18 Å². The number of amides is 1. The third-order valence-electron chi connectivity index (χ3n) is 4.78. The molecule has 4 rings (SSSR count). The van der Waals surface area contributed by atoms with Gasteiger partial charge in [-0.3, -0.25) is 4.79 Å². The van der Waals surface area contributed by atoms with Gasteiger partial charge in [-0.1, -0.05) is 18.3 Å². The van der Waals surface area contributed by atoms with E-state index >= 15 is 0 Å². The number of aromatic nitrogens is 3. The Hall–Kier alpha value is -2.48. The minimum atomic E-state index is -0.261. The smallest absolute Gasteiger partial charge is 0.224 e. The second-order valence-corrected chi connectivity index (χ2v) is 7.76. The second-order valence-electron chi connectivity index (χ2n) is 6.82. The Kier molecular flexibility index (Phi) is 5.07. The summed E-state index contributed by atoms with van der Waals surface area (Å²) in [6, 6.07) is 6.29. The van der Waals surface area contributed by atoms with Crippen molar-refractivity contribution in [1.29, 1.82) is 0 Å². The van der Waals surface area contributed by atoms with E-state index in [2.05, 4.69) is 27.2 Å². The first-order chi connectivity index (χ1) is 13.1. The molecule has 142 valence electrons. The van der Waals surface area contributed by atoms with Gasteiger partial charge in [0.15, 0.2) is 0 Å². The van der Waals surface area contributed by atoms with Gasteiger partial charge in [0.1, 0.15) is 5.82 Å². The Balaban J connectivity index is 1.50. The fourth-order valence-electron chi connectivity index (χ4n) is 3.33. The number of hydrogen-bond donors (Lipinski definition) is 1.